The highest BCUT2D eigenvalue weighted by molar-refractivity contribution is 7.99. The summed E-state index contributed by atoms with van der Waals surface area (Å²) in [6.07, 6.45) is 0. The molecule has 0 aliphatic carbocycles. The molecule has 0 spiro atoms. The summed E-state index contributed by atoms with van der Waals surface area (Å²) in [7, 11) is 0. The highest BCUT2D eigenvalue weighted by atomic mass is 32.2. The highest BCUT2D eigenvalue weighted by Gasteiger charge is 2.14. The van der Waals surface area contributed by atoms with Crippen LogP contribution in [0.3, 0.4) is 0 Å². The van der Waals surface area contributed by atoms with Gasteiger partial charge in [-0.1, -0.05) is 30.0 Å². The Morgan fingerprint density at radius 1 is 1.26 bits per heavy atom. The lowest BCUT2D eigenvalue weighted by Crippen LogP contribution is -1.95. The van der Waals surface area contributed by atoms with Crippen molar-refractivity contribution in [2.24, 2.45) is 5.73 Å². The average Bonchev–Trinajstić information content (AvgIpc) is 2.38. The summed E-state index contributed by atoms with van der Waals surface area (Å²) in [4.78, 5) is 12.3. The molecule has 0 saturated heterocycles. The monoisotopic (exact) mass is 274 g/mol. The van der Waals surface area contributed by atoms with Crippen LogP contribution >= 0.6 is 11.8 Å². The zero-order valence-electron chi connectivity index (χ0n) is 10.5. The molecular weight excluding hydrogens is 260 g/mol. The molecule has 0 aliphatic rings. The van der Waals surface area contributed by atoms with Gasteiger partial charge in [0.1, 0.15) is 0 Å². The van der Waals surface area contributed by atoms with Crippen LogP contribution in [0.25, 0.3) is 0 Å². The number of benzene rings is 2. The van der Waals surface area contributed by atoms with Crippen LogP contribution in [0, 0.1) is 17.0 Å². The van der Waals surface area contributed by atoms with Crippen molar-refractivity contribution >= 4 is 17.4 Å². The highest BCUT2D eigenvalue weighted by Crippen LogP contribution is 2.35. The minimum atomic E-state index is -0.353. The maximum Gasteiger partial charge on any atom is 0.283 e. The Bertz CT molecular complexity index is 614. The molecule has 5 heteroatoms. The van der Waals surface area contributed by atoms with Crippen molar-refractivity contribution in [1.82, 2.24) is 0 Å². The van der Waals surface area contributed by atoms with Gasteiger partial charge in [0, 0.05) is 17.5 Å². The number of aryl methyl sites for hydroxylation is 1. The third-order valence-corrected chi connectivity index (χ3v) is 3.71. The van der Waals surface area contributed by atoms with Gasteiger partial charge in [0.05, 0.1) is 9.82 Å². The molecule has 0 bridgehead atoms. The van der Waals surface area contributed by atoms with Crippen molar-refractivity contribution in [3.05, 3.63) is 63.7 Å². The Morgan fingerprint density at radius 3 is 2.74 bits per heavy atom. The number of hydrogen-bond acceptors (Lipinski definition) is 4. The predicted molar refractivity (Wildman–Crippen MR) is 76.3 cm³/mol. The predicted octanol–water partition coefficient (Wildman–Crippen LogP) is 3.51. The fourth-order valence-corrected chi connectivity index (χ4v) is 2.82. The second kappa shape index (κ2) is 5.86. The van der Waals surface area contributed by atoms with Crippen LogP contribution in [0.15, 0.2) is 52.3 Å². The number of nitrogens with zero attached hydrogens (tertiary/aromatic N) is 1. The van der Waals surface area contributed by atoms with Gasteiger partial charge >= 0.3 is 0 Å². The van der Waals surface area contributed by atoms with E-state index in [2.05, 4.69) is 0 Å². The van der Waals surface area contributed by atoms with Crippen molar-refractivity contribution in [3.8, 4) is 0 Å². The van der Waals surface area contributed by atoms with Crippen LogP contribution in [0.2, 0.25) is 0 Å². The van der Waals surface area contributed by atoms with Crippen LogP contribution in [-0.2, 0) is 6.54 Å². The van der Waals surface area contributed by atoms with E-state index in [0.717, 1.165) is 16.0 Å². The van der Waals surface area contributed by atoms with E-state index in [4.69, 9.17) is 5.73 Å². The first-order chi connectivity index (χ1) is 9.10. The van der Waals surface area contributed by atoms with Crippen molar-refractivity contribution in [1.29, 1.82) is 0 Å². The summed E-state index contributed by atoms with van der Waals surface area (Å²) in [6, 6.07) is 12.9. The fourth-order valence-electron chi connectivity index (χ4n) is 1.72. The summed E-state index contributed by atoms with van der Waals surface area (Å²) in [6.45, 7) is 2.38. The quantitative estimate of drug-likeness (QED) is 0.684. The molecule has 0 amide bonds. The summed E-state index contributed by atoms with van der Waals surface area (Å²) in [5.74, 6) is 0. The van der Waals surface area contributed by atoms with Gasteiger partial charge in [0.25, 0.3) is 5.69 Å². The van der Waals surface area contributed by atoms with Gasteiger partial charge in [-0.3, -0.25) is 10.1 Å². The van der Waals surface area contributed by atoms with Crippen molar-refractivity contribution in [2.45, 2.75) is 23.3 Å². The molecule has 0 radical (unpaired) electrons. The summed E-state index contributed by atoms with van der Waals surface area (Å²) in [5, 5.41) is 11.0. The number of rotatable bonds is 4. The standard InChI is InChI=1S/C14H14N2O2S/c1-10-5-6-13(16(17)18)14(7-10)19-12-4-2-3-11(8-12)9-15/h2-8H,9,15H2,1H3. The maximum atomic E-state index is 11.0. The fraction of sp³-hybridized carbons (Fsp3) is 0.143. The van der Waals surface area contributed by atoms with Gasteiger partial charge in [-0.05, 0) is 36.2 Å². The third kappa shape index (κ3) is 3.33. The molecule has 2 aromatic carbocycles. The average molecular weight is 274 g/mol. The second-order valence-electron chi connectivity index (χ2n) is 4.18. The van der Waals surface area contributed by atoms with Crippen LogP contribution in [-0.4, -0.2) is 4.92 Å². The molecule has 0 fully saturated rings. The Labute approximate surface area is 115 Å². The van der Waals surface area contributed by atoms with E-state index >= 15 is 0 Å². The second-order valence-corrected chi connectivity index (χ2v) is 5.30. The minimum Gasteiger partial charge on any atom is -0.326 e. The molecule has 0 unspecified atom stereocenters. The third-order valence-electron chi connectivity index (χ3n) is 2.67. The minimum absolute atomic E-state index is 0.133. The molecule has 0 atom stereocenters. The lowest BCUT2D eigenvalue weighted by Gasteiger charge is -2.05. The normalized spacial score (nSPS) is 10.4. The van der Waals surface area contributed by atoms with Crippen LogP contribution < -0.4 is 5.73 Å². The first kappa shape index (κ1) is 13.6. The molecule has 2 aromatic rings. The first-order valence-electron chi connectivity index (χ1n) is 5.82. The van der Waals surface area contributed by atoms with Crippen LogP contribution in [0.4, 0.5) is 5.69 Å². The van der Waals surface area contributed by atoms with Crippen molar-refractivity contribution in [2.75, 3.05) is 0 Å². The molecule has 4 nitrogen and oxygen atoms in total. The summed E-state index contributed by atoms with van der Waals surface area (Å²) in [5.41, 5.74) is 7.75. The number of hydrogen-bond donors (Lipinski definition) is 1. The molecular formula is C14H14N2O2S. The van der Waals surface area contributed by atoms with Crippen molar-refractivity contribution < 1.29 is 4.92 Å². The topological polar surface area (TPSA) is 69.2 Å². The zero-order valence-corrected chi connectivity index (χ0v) is 11.3. The molecule has 0 heterocycles. The van der Waals surface area contributed by atoms with Crippen molar-refractivity contribution in [3.63, 3.8) is 0 Å². The molecule has 2 N–H and O–H groups in total. The Hall–Kier alpha value is -1.85. The lowest BCUT2D eigenvalue weighted by molar-refractivity contribution is -0.387. The molecule has 19 heavy (non-hydrogen) atoms. The first-order valence-corrected chi connectivity index (χ1v) is 6.63. The maximum absolute atomic E-state index is 11.0. The molecule has 0 saturated carbocycles. The van der Waals surface area contributed by atoms with E-state index in [9.17, 15) is 10.1 Å². The van der Waals surface area contributed by atoms with E-state index in [-0.39, 0.29) is 10.6 Å². The SMILES string of the molecule is Cc1ccc([N+](=O)[O-])c(Sc2cccc(CN)c2)c1. The number of nitro groups is 1. The van der Waals surface area contributed by atoms with E-state index in [1.165, 1.54) is 11.8 Å². The number of nitro benzene ring substituents is 1. The summed E-state index contributed by atoms with van der Waals surface area (Å²) >= 11 is 1.39. The van der Waals surface area contributed by atoms with E-state index in [1.54, 1.807) is 12.1 Å². The number of nitrogens with two attached hydrogens (primary N) is 1. The Balaban J connectivity index is 2.36. The zero-order chi connectivity index (χ0) is 13.8. The molecule has 0 aromatic heterocycles. The smallest absolute Gasteiger partial charge is 0.283 e. The van der Waals surface area contributed by atoms with Gasteiger partial charge < -0.3 is 5.73 Å². The van der Waals surface area contributed by atoms with Gasteiger partial charge in [-0.15, -0.1) is 0 Å². The van der Waals surface area contributed by atoms with E-state index in [0.29, 0.717) is 11.4 Å². The molecule has 0 aliphatic heterocycles. The van der Waals surface area contributed by atoms with Gasteiger partial charge in [-0.25, -0.2) is 0 Å². The van der Waals surface area contributed by atoms with Crippen LogP contribution in [0.5, 0.6) is 0 Å². The lowest BCUT2D eigenvalue weighted by atomic mass is 10.2. The van der Waals surface area contributed by atoms with E-state index in [1.807, 2.05) is 37.3 Å². The van der Waals surface area contributed by atoms with Gasteiger partial charge in [0.15, 0.2) is 0 Å². The van der Waals surface area contributed by atoms with Gasteiger partial charge in [0.2, 0.25) is 0 Å². The van der Waals surface area contributed by atoms with Gasteiger partial charge in [-0.2, -0.15) is 0 Å². The molecule has 2 rings (SSSR count). The van der Waals surface area contributed by atoms with E-state index < -0.39 is 0 Å². The Kier molecular flexibility index (Phi) is 4.19. The van der Waals surface area contributed by atoms with Crippen LogP contribution in [0.1, 0.15) is 11.1 Å². The molecule has 98 valence electrons. The summed E-state index contributed by atoms with van der Waals surface area (Å²) < 4.78 is 0. The largest absolute Gasteiger partial charge is 0.326 e. The Morgan fingerprint density at radius 2 is 2.05 bits per heavy atom.